The fourth-order valence-corrected chi connectivity index (χ4v) is 2.81. The van der Waals surface area contributed by atoms with Gasteiger partial charge in [-0.2, -0.15) is 0 Å². The summed E-state index contributed by atoms with van der Waals surface area (Å²) in [6.07, 6.45) is 4.13. The molecule has 3 rings (SSSR count). The molecule has 0 spiro atoms. The Morgan fingerprint density at radius 3 is 2.84 bits per heavy atom. The van der Waals surface area contributed by atoms with Crippen LogP contribution in [0.5, 0.6) is 0 Å². The molecular weight excluding hydrogens is 254 g/mol. The van der Waals surface area contributed by atoms with Crippen LogP contribution in [0, 0.1) is 6.92 Å². The number of rotatable bonds is 4. The number of imidazole rings is 1. The lowest BCUT2D eigenvalue weighted by Crippen LogP contribution is -2.18. The van der Waals surface area contributed by atoms with E-state index in [2.05, 4.69) is 64.4 Å². The van der Waals surface area contributed by atoms with E-state index in [1.54, 1.807) is 11.3 Å². The summed E-state index contributed by atoms with van der Waals surface area (Å²) in [5, 5.41) is 5.56. The molecule has 0 aliphatic rings. The van der Waals surface area contributed by atoms with Gasteiger partial charge in [0.15, 0.2) is 4.96 Å². The van der Waals surface area contributed by atoms with Crippen LogP contribution in [0.1, 0.15) is 29.8 Å². The third-order valence-electron chi connectivity index (χ3n) is 3.31. The summed E-state index contributed by atoms with van der Waals surface area (Å²) in [5.41, 5.74) is 3.70. The Balaban J connectivity index is 1.65. The summed E-state index contributed by atoms with van der Waals surface area (Å²) in [5.74, 6) is 0. The molecule has 19 heavy (non-hydrogen) atoms. The first-order valence-corrected chi connectivity index (χ1v) is 7.31. The molecule has 4 heteroatoms. The molecule has 0 radical (unpaired) electrons. The van der Waals surface area contributed by atoms with Gasteiger partial charge in [-0.15, -0.1) is 11.3 Å². The molecule has 1 atom stereocenters. The lowest BCUT2D eigenvalue weighted by molar-refractivity contribution is 0.569. The number of aryl methyl sites for hydroxylation is 1. The Labute approximate surface area is 116 Å². The van der Waals surface area contributed by atoms with E-state index in [-0.39, 0.29) is 0 Å². The maximum atomic E-state index is 4.57. The minimum atomic E-state index is 0.334. The third kappa shape index (κ3) is 2.69. The SMILES string of the molecule is Cc1ccc([C@H](C)NCc2cn3ccsc3n2)cc1. The zero-order valence-electron chi connectivity index (χ0n) is 11.1. The van der Waals surface area contributed by atoms with Crippen molar-refractivity contribution in [2.75, 3.05) is 0 Å². The van der Waals surface area contributed by atoms with Gasteiger partial charge in [-0.3, -0.25) is 4.40 Å². The largest absolute Gasteiger partial charge is 0.305 e. The van der Waals surface area contributed by atoms with Crippen LogP contribution in [0.2, 0.25) is 0 Å². The molecule has 0 aliphatic heterocycles. The van der Waals surface area contributed by atoms with Crippen molar-refractivity contribution in [3.05, 3.63) is 58.9 Å². The second-order valence-electron chi connectivity index (χ2n) is 4.84. The van der Waals surface area contributed by atoms with Gasteiger partial charge in [0, 0.05) is 30.4 Å². The molecule has 0 fully saturated rings. The first kappa shape index (κ1) is 12.4. The van der Waals surface area contributed by atoms with Gasteiger partial charge in [0.25, 0.3) is 0 Å². The van der Waals surface area contributed by atoms with Gasteiger partial charge in [-0.1, -0.05) is 29.8 Å². The lowest BCUT2D eigenvalue weighted by Gasteiger charge is -2.13. The van der Waals surface area contributed by atoms with Crippen LogP contribution in [0.4, 0.5) is 0 Å². The molecule has 0 bridgehead atoms. The van der Waals surface area contributed by atoms with Crippen molar-refractivity contribution < 1.29 is 0 Å². The molecule has 0 saturated heterocycles. The molecule has 3 aromatic rings. The van der Waals surface area contributed by atoms with Crippen molar-refractivity contribution in [3.63, 3.8) is 0 Å². The summed E-state index contributed by atoms with van der Waals surface area (Å²) in [6, 6.07) is 9.00. The highest BCUT2D eigenvalue weighted by Crippen LogP contribution is 2.15. The highest BCUT2D eigenvalue weighted by Gasteiger charge is 2.07. The standard InChI is InChI=1S/C15H17N3S/c1-11-3-5-13(6-4-11)12(2)16-9-14-10-18-7-8-19-15(18)17-14/h3-8,10,12,16H,9H2,1-2H3/t12-/m0/s1. The van der Waals surface area contributed by atoms with E-state index in [1.165, 1.54) is 11.1 Å². The van der Waals surface area contributed by atoms with Gasteiger partial charge in [0.05, 0.1) is 5.69 Å². The lowest BCUT2D eigenvalue weighted by atomic mass is 10.1. The van der Waals surface area contributed by atoms with Crippen molar-refractivity contribution in [1.29, 1.82) is 0 Å². The predicted molar refractivity (Wildman–Crippen MR) is 79.5 cm³/mol. The molecule has 0 aliphatic carbocycles. The number of aromatic nitrogens is 2. The van der Waals surface area contributed by atoms with E-state index < -0.39 is 0 Å². The van der Waals surface area contributed by atoms with Crippen molar-refractivity contribution in [2.45, 2.75) is 26.4 Å². The van der Waals surface area contributed by atoms with Crippen molar-refractivity contribution in [3.8, 4) is 0 Å². The summed E-state index contributed by atoms with van der Waals surface area (Å²) in [4.78, 5) is 5.63. The number of fused-ring (bicyclic) bond motifs is 1. The molecule has 3 nitrogen and oxygen atoms in total. The van der Waals surface area contributed by atoms with E-state index >= 15 is 0 Å². The molecule has 0 saturated carbocycles. The molecule has 0 unspecified atom stereocenters. The zero-order chi connectivity index (χ0) is 13.2. The maximum absolute atomic E-state index is 4.57. The molecule has 1 aromatic carbocycles. The number of hydrogen-bond acceptors (Lipinski definition) is 3. The van der Waals surface area contributed by atoms with Gasteiger partial charge in [0.1, 0.15) is 0 Å². The molecule has 1 N–H and O–H groups in total. The average molecular weight is 271 g/mol. The molecule has 2 heterocycles. The molecule has 0 amide bonds. The van der Waals surface area contributed by atoms with E-state index in [0.717, 1.165) is 17.2 Å². The van der Waals surface area contributed by atoms with Crippen LogP contribution in [0.3, 0.4) is 0 Å². The van der Waals surface area contributed by atoms with Crippen LogP contribution in [-0.4, -0.2) is 9.38 Å². The fourth-order valence-electron chi connectivity index (χ4n) is 2.09. The van der Waals surface area contributed by atoms with Crippen LogP contribution in [0.15, 0.2) is 42.0 Å². The predicted octanol–water partition coefficient (Wildman–Crippen LogP) is 3.56. The first-order valence-electron chi connectivity index (χ1n) is 6.43. The van der Waals surface area contributed by atoms with Gasteiger partial charge in [-0.25, -0.2) is 4.98 Å². The van der Waals surface area contributed by atoms with Crippen LogP contribution < -0.4 is 5.32 Å². The molecule has 2 aromatic heterocycles. The second kappa shape index (κ2) is 5.15. The number of nitrogens with zero attached hydrogens (tertiary/aromatic N) is 2. The Morgan fingerprint density at radius 1 is 1.32 bits per heavy atom. The number of thiazole rings is 1. The summed E-state index contributed by atoms with van der Waals surface area (Å²) < 4.78 is 2.07. The van der Waals surface area contributed by atoms with Crippen LogP contribution in [-0.2, 0) is 6.54 Å². The molecule has 98 valence electrons. The van der Waals surface area contributed by atoms with E-state index in [0.29, 0.717) is 6.04 Å². The van der Waals surface area contributed by atoms with E-state index in [4.69, 9.17) is 0 Å². The Kier molecular flexibility index (Phi) is 3.36. The number of hydrogen-bond donors (Lipinski definition) is 1. The average Bonchev–Trinajstić information content (AvgIpc) is 2.97. The quantitative estimate of drug-likeness (QED) is 0.786. The normalized spacial score (nSPS) is 12.9. The number of benzene rings is 1. The Hall–Kier alpha value is -1.65. The smallest absolute Gasteiger partial charge is 0.193 e. The van der Waals surface area contributed by atoms with Crippen LogP contribution in [0.25, 0.3) is 4.96 Å². The first-order chi connectivity index (χ1) is 9.22. The van der Waals surface area contributed by atoms with Crippen molar-refractivity contribution in [2.24, 2.45) is 0 Å². The zero-order valence-corrected chi connectivity index (χ0v) is 11.9. The second-order valence-corrected chi connectivity index (χ2v) is 5.71. The monoisotopic (exact) mass is 271 g/mol. The number of nitrogens with one attached hydrogen (secondary N) is 1. The highest BCUT2D eigenvalue weighted by molar-refractivity contribution is 7.15. The third-order valence-corrected chi connectivity index (χ3v) is 4.08. The highest BCUT2D eigenvalue weighted by atomic mass is 32.1. The topological polar surface area (TPSA) is 29.3 Å². The minimum Gasteiger partial charge on any atom is -0.305 e. The van der Waals surface area contributed by atoms with E-state index in [9.17, 15) is 0 Å². The van der Waals surface area contributed by atoms with Gasteiger partial charge < -0.3 is 5.32 Å². The molecular formula is C15H17N3S. The van der Waals surface area contributed by atoms with E-state index in [1.807, 2.05) is 6.20 Å². The summed E-state index contributed by atoms with van der Waals surface area (Å²) in [7, 11) is 0. The summed E-state index contributed by atoms with van der Waals surface area (Å²) >= 11 is 1.66. The minimum absolute atomic E-state index is 0.334. The Bertz CT molecular complexity index is 638. The van der Waals surface area contributed by atoms with Crippen molar-refractivity contribution >= 4 is 16.3 Å². The maximum Gasteiger partial charge on any atom is 0.193 e. The fraction of sp³-hybridized carbons (Fsp3) is 0.267. The summed E-state index contributed by atoms with van der Waals surface area (Å²) in [6.45, 7) is 5.09. The van der Waals surface area contributed by atoms with Gasteiger partial charge >= 0.3 is 0 Å². The van der Waals surface area contributed by atoms with Crippen LogP contribution >= 0.6 is 11.3 Å². The van der Waals surface area contributed by atoms with Gasteiger partial charge in [0.2, 0.25) is 0 Å². The Morgan fingerprint density at radius 2 is 2.11 bits per heavy atom. The van der Waals surface area contributed by atoms with Gasteiger partial charge in [-0.05, 0) is 19.4 Å². The van der Waals surface area contributed by atoms with Crippen molar-refractivity contribution in [1.82, 2.24) is 14.7 Å².